The van der Waals surface area contributed by atoms with Gasteiger partial charge in [-0.25, -0.2) is 14.6 Å². The van der Waals surface area contributed by atoms with Gasteiger partial charge in [0, 0.05) is 18.2 Å². The lowest BCUT2D eigenvalue weighted by Gasteiger charge is -2.13. The number of thiazole rings is 1. The van der Waals surface area contributed by atoms with E-state index in [4.69, 9.17) is 5.11 Å². The van der Waals surface area contributed by atoms with Crippen molar-refractivity contribution >= 4 is 28.5 Å². The van der Waals surface area contributed by atoms with Crippen molar-refractivity contribution in [3.05, 3.63) is 11.1 Å². The minimum atomic E-state index is -1.16. The van der Waals surface area contributed by atoms with Crippen molar-refractivity contribution in [1.29, 1.82) is 0 Å². The van der Waals surface area contributed by atoms with Crippen LogP contribution in [0.3, 0.4) is 0 Å². The van der Waals surface area contributed by atoms with E-state index in [0.717, 1.165) is 4.88 Å². The zero-order valence-electron chi connectivity index (χ0n) is 9.39. The fraction of sp³-hybridized carbons (Fsp3) is 0.444. The van der Waals surface area contributed by atoms with Gasteiger partial charge < -0.3 is 15.2 Å². The lowest BCUT2D eigenvalue weighted by atomic mass is 10.3. The highest BCUT2D eigenvalue weighted by molar-refractivity contribution is 7.15. The highest BCUT2D eigenvalue weighted by Crippen LogP contribution is 2.15. The molecular weight excluding hydrogens is 246 g/mol. The second kappa shape index (κ2) is 6.16. The Kier molecular flexibility index (Phi) is 4.85. The average Bonchev–Trinajstić information content (AvgIpc) is 2.63. The normalized spacial score (nSPS) is 11.9. The first-order valence-corrected chi connectivity index (χ1v) is 5.56. The molecule has 1 unspecified atom stereocenters. The number of amides is 2. The number of hydrogen-bond donors (Lipinski definition) is 3. The third-order valence-electron chi connectivity index (χ3n) is 1.78. The first-order valence-electron chi connectivity index (χ1n) is 4.74. The number of carboxylic acids is 1. The van der Waals surface area contributed by atoms with Crippen molar-refractivity contribution < 1.29 is 19.4 Å². The molecule has 0 aliphatic carbocycles. The number of urea groups is 1. The van der Waals surface area contributed by atoms with Gasteiger partial charge in [-0.1, -0.05) is 0 Å². The van der Waals surface area contributed by atoms with E-state index in [-0.39, 0.29) is 6.61 Å². The summed E-state index contributed by atoms with van der Waals surface area (Å²) in [5.41, 5.74) is 0. The van der Waals surface area contributed by atoms with Gasteiger partial charge in [0.25, 0.3) is 0 Å². The maximum Gasteiger partial charge on any atom is 0.328 e. The van der Waals surface area contributed by atoms with Gasteiger partial charge in [-0.05, 0) is 6.92 Å². The largest absolute Gasteiger partial charge is 0.480 e. The molecule has 0 aliphatic heterocycles. The number of aliphatic carboxylic acids is 1. The zero-order chi connectivity index (χ0) is 12.8. The molecule has 1 atom stereocenters. The van der Waals surface area contributed by atoms with Crippen LogP contribution < -0.4 is 10.6 Å². The van der Waals surface area contributed by atoms with E-state index in [1.807, 2.05) is 6.92 Å². The lowest BCUT2D eigenvalue weighted by molar-refractivity contribution is -0.140. The molecule has 0 bridgehead atoms. The van der Waals surface area contributed by atoms with Gasteiger partial charge in [-0.2, -0.15) is 0 Å². The monoisotopic (exact) mass is 259 g/mol. The Morgan fingerprint density at radius 1 is 1.65 bits per heavy atom. The van der Waals surface area contributed by atoms with Gasteiger partial charge in [-0.15, -0.1) is 11.3 Å². The quantitative estimate of drug-likeness (QED) is 0.721. The van der Waals surface area contributed by atoms with Gasteiger partial charge >= 0.3 is 12.0 Å². The Morgan fingerprint density at radius 2 is 2.35 bits per heavy atom. The first-order chi connectivity index (χ1) is 8.02. The molecular formula is C9H13N3O4S. The van der Waals surface area contributed by atoms with E-state index >= 15 is 0 Å². The standard InChI is InChI=1S/C9H13N3O4S/c1-5-3-10-9(17-5)12-8(15)11-6(4-16-2)7(13)14/h3,6H,4H2,1-2H3,(H,13,14)(H2,10,11,12,15). The number of aromatic nitrogens is 1. The minimum absolute atomic E-state index is 0.0976. The number of nitrogens with zero attached hydrogens (tertiary/aromatic N) is 1. The summed E-state index contributed by atoms with van der Waals surface area (Å²) in [7, 11) is 1.36. The molecule has 3 N–H and O–H groups in total. The van der Waals surface area contributed by atoms with E-state index in [0.29, 0.717) is 5.13 Å². The van der Waals surface area contributed by atoms with Crippen LogP contribution in [0.25, 0.3) is 0 Å². The molecule has 0 aromatic carbocycles. The third kappa shape index (κ3) is 4.37. The summed E-state index contributed by atoms with van der Waals surface area (Å²) in [6, 6.07) is -1.70. The predicted molar refractivity (Wildman–Crippen MR) is 62.3 cm³/mol. The van der Waals surface area contributed by atoms with Gasteiger partial charge in [0.1, 0.15) is 0 Å². The molecule has 0 saturated heterocycles. The van der Waals surface area contributed by atoms with Crippen LogP contribution in [-0.4, -0.2) is 41.8 Å². The molecule has 0 saturated carbocycles. The summed E-state index contributed by atoms with van der Waals surface area (Å²) in [5, 5.41) is 13.9. The second-order valence-corrected chi connectivity index (χ2v) is 4.46. The molecule has 0 spiro atoms. The summed E-state index contributed by atoms with van der Waals surface area (Å²) in [5.74, 6) is -1.16. The molecule has 0 radical (unpaired) electrons. The number of aryl methyl sites for hydroxylation is 1. The Hall–Kier alpha value is -1.67. The van der Waals surface area contributed by atoms with Gasteiger partial charge in [-0.3, -0.25) is 5.32 Å². The molecule has 0 fully saturated rings. The van der Waals surface area contributed by atoms with Crippen LogP contribution in [0.1, 0.15) is 4.88 Å². The van der Waals surface area contributed by atoms with Crippen LogP contribution >= 0.6 is 11.3 Å². The van der Waals surface area contributed by atoms with Gasteiger partial charge in [0.05, 0.1) is 6.61 Å². The summed E-state index contributed by atoms with van der Waals surface area (Å²) in [6.07, 6.45) is 1.62. The Morgan fingerprint density at radius 3 is 2.82 bits per heavy atom. The van der Waals surface area contributed by atoms with E-state index in [1.165, 1.54) is 18.4 Å². The number of rotatable bonds is 5. The second-order valence-electron chi connectivity index (χ2n) is 3.22. The maximum absolute atomic E-state index is 11.4. The lowest BCUT2D eigenvalue weighted by Crippen LogP contribution is -2.45. The zero-order valence-corrected chi connectivity index (χ0v) is 10.2. The summed E-state index contributed by atoms with van der Waals surface area (Å²) < 4.78 is 4.68. The minimum Gasteiger partial charge on any atom is -0.480 e. The van der Waals surface area contributed by atoms with Crippen LogP contribution in [0.15, 0.2) is 6.20 Å². The number of anilines is 1. The number of carbonyl (C=O) groups excluding carboxylic acids is 1. The molecule has 1 aromatic rings. The fourth-order valence-electron chi connectivity index (χ4n) is 1.05. The molecule has 1 heterocycles. The van der Waals surface area contributed by atoms with Crippen molar-refractivity contribution in [3.8, 4) is 0 Å². The maximum atomic E-state index is 11.4. The smallest absolute Gasteiger partial charge is 0.328 e. The van der Waals surface area contributed by atoms with Crippen LogP contribution in [0, 0.1) is 6.92 Å². The Labute approximate surface area is 102 Å². The number of ether oxygens (including phenoxy) is 1. The SMILES string of the molecule is COCC(NC(=O)Nc1ncc(C)s1)C(=O)O. The van der Waals surface area contributed by atoms with Gasteiger partial charge in [0.2, 0.25) is 0 Å². The van der Waals surface area contributed by atoms with Gasteiger partial charge in [0.15, 0.2) is 11.2 Å². The Bertz CT molecular complexity index is 407. The number of carboxylic acid groups (broad SMARTS) is 1. The molecule has 8 heteroatoms. The molecule has 0 aliphatic rings. The van der Waals surface area contributed by atoms with E-state index < -0.39 is 18.0 Å². The third-order valence-corrected chi connectivity index (χ3v) is 2.61. The van der Waals surface area contributed by atoms with Crippen LogP contribution in [0.4, 0.5) is 9.93 Å². The number of nitrogens with one attached hydrogen (secondary N) is 2. The topological polar surface area (TPSA) is 101 Å². The first kappa shape index (κ1) is 13.4. The van der Waals surface area contributed by atoms with Crippen molar-refractivity contribution in [3.63, 3.8) is 0 Å². The summed E-state index contributed by atoms with van der Waals surface area (Å²) >= 11 is 1.30. The average molecular weight is 259 g/mol. The predicted octanol–water partition coefficient (Wildman–Crippen LogP) is 0.673. The van der Waals surface area contributed by atoms with Crippen molar-refractivity contribution in [2.75, 3.05) is 19.0 Å². The van der Waals surface area contributed by atoms with Crippen molar-refractivity contribution in [1.82, 2.24) is 10.3 Å². The van der Waals surface area contributed by atoms with Crippen LogP contribution in [-0.2, 0) is 9.53 Å². The number of methoxy groups -OCH3 is 1. The molecule has 94 valence electrons. The summed E-state index contributed by atoms with van der Waals surface area (Å²) in [4.78, 5) is 27.1. The Balaban J connectivity index is 2.50. The van der Waals surface area contributed by atoms with E-state index in [2.05, 4.69) is 20.4 Å². The van der Waals surface area contributed by atoms with Crippen molar-refractivity contribution in [2.45, 2.75) is 13.0 Å². The molecule has 17 heavy (non-hydrogen) atoms. The highest BCUT2D eigenvalue weighted by Gasteiger charge is 2.19. The van der Waals surface area contributed by atoms with E-state index in [9.17, 15) is 9.59 Å². The fourth-order valence-corrected chi connectivity index (χ4v) is 1.70. The number of hydrogen-bond acceptors (Lipinski definition) is 5. The highest BCUT2D eigenvalue weighted by atomic mass is 32.1. The summed E-state index contributed by atoms with van der Waals surface area (Å²) in [6.45, 7) is 1.76. The van der Waals surface area contributed by atoms with Crippen LogP contribution in [0.2, 0.25) is 0 Å². The molecule has 1 rings (SSSR count). The molecule has 2 amide bonds. The molecule has 1 aromatic heterocycles. The van der Waals surface area contributed by atoms with E-state index in [1.54, 1.807) is 6.20 Å². The van der Waals surface area contributed by atoms with Crippen molar-refractivity contribution in [2.24, 2.45) is 0 Å². The van der Waals surface area contributed by atoms with Crippen LogP contribution in [0.5, 0.6) is 0 Å². The molecule has 7 nitrogen and oxygen atoms in total. The number of carbonyl (C=O) groups is 2.